The number of aliphatic hydroxyl groups excluding tert-OH is 1. The van der Waals surface area contributed by atoms with Gasteiger partial charge >= 0.3 is 6.18 Å². The third-order valence-electron chi connectivity index (χ3n) is 3.85. The number of benzene rings is 1. The lowest BCUT2D eigenvalue weighted by atomic mass is 10.0. The Balaban J connectivity index is 1.82. The zero-order valence-electron chi connectivity index (χ0n) is 12.1. The monoisotopic (exact) mass is 302 g/mol. The van der Waals surface area contributed by atoms with E-state index in [-0.39, 0.29) is 0 Å². The first kappa shape index (κ1) is 16.3. The number of rotatable bonds is 4. The van der Waals surface area contributed by atoms with Crippen LogP contribution in [0.5, 0.6) is 0 Å². The minimum absolute atomic E-state index is 0.389. The van der Waals surface area contributed by atoms with Gasteiger partial charge in [-0.25, -0.2) is 0 Å². The maximum Gasteiger partial charge on any atom is 0.401 e. The Bertz CT molecular complexity index is 456. The number of piperazine rings is 1. The van der Waals surface area contributed by atoms with Gasteiger partial charge in [-0.05, 0) is 18.1 Å². The van der Waals surface area contributed by atoms with Crippen LogP contribution in [-0.4, -0.2) is 60.4 Å². The van der Waals surface area contributed by atoms with Gasteiger partial charge in [0.15, 0.2) is 0 Å². The number of alkyl halides is 3. The average molecular weight is 302 g/mol. The van der Waals surface area contributed by atoms with E-state index in [2.05, 4.69) is 0 Å². The molecule has 1 aromatic carbocycles. The molecule has 1 N–H and O–H groups in total. The molecule has 2 rings (SSSR count). The summed E-state index contributed by atoms with van der Waals surface area (Å²) in [4.78, 5) is 3.43. The molecule has 6 heteroatoms. The van der Waals surface area contributed by atoms with Crippen molar-refractivity contribution in [2.75, 3.05) is 39.3 Å². The van der Waals surface area contributed by atoms with Crippen molar-refractivity contribution >= 4 is 0 Å². The predicted octanol–water partition coefficient (Wildman–Crippen LogP) is 2.21. The highest BCUT2D eigenvalue weighted by Gasteiger charge is 2.32. The molecule has 3 nitrogen and oxygen atoms in total. The molecule has 1 aliphatic heterocycles. The van der Waals surface area contributed by atoms with Crippen molar-refractivity contribution in [2.24, 2.45) is 0 Å². The molecular weight excluding hydrogens is 281 g/mol. The quantitative estimate of drug-likeness (QED) is 0.924. The molecule has 0 spiro atoms. The minimum Gasteiger partial charge on any atom is -0.387 e. The number of aryl methyl sites for hydroxylation is 1. The van der Waals surface area contributed by atoms with Crippen molar-refractivity contribution in [1.29, 1.82) is 0 Å². The van der Waals surface area contributed by atoms with Crippen molar-refractivity contribution in [3.05, 3.63) is 35.4 Å². The van der Waals surface area contributed by atoms with Crippen LogP contribution in [0.1, 0.15) is 17.2 Å². The first-order chi connectivity index (χ1) is 9.85. The number of hydrogen-bond donors (Lipinski definition) is 1. The van der Waals surface area contributed by atoms with E-state index in [0.717, 1.165) is 11.1 Å². The van der Waals surface area contributed by atoms with Gasteiger partial charge in [0.25, 0.3) is 0 Å². The third-order valence-corrected chi connectivity index (χ3v) is 3.85. The number of halogens is 3. The van der Waals surface area contributed by atoms with Crippen molar-refractivity contribution in [3.63, 3.8) is 0 Å². The first-order valence-corrected chi connectivity index (χ1v) is 7.10. The second-order valence-corrected chi connectivity index (χ2v) is 5.56. The molecule has 1 aromatic rings. The van der Waals surface area contributed by atoms with Crippen LogP contribution in [0.2, 0.25) is 0 Å². The van der Waals surface area contributed by atoms with Crippen LogP contribution >= 0.6 is 0 Å². The maximum absolute atomic E-state index is 12.3. The fraction of sp³-hybridized carbons (Fsp3) is 0.600. The summed E-state index contributed by atoms with van der Waals surface area (Å²) < 4.78 is 37.0. The summed E-state index contributed by atoms with van der Waals surface area (Å²) in [6.45, 7) is 3.45. The molecule has 1 fully saturated rings. The lowest BCUT2D eigenvalue weighted by Gasteiger charge is -2.36. The van der Waals surface area contributed by atoms with Gasteiger partial charge in [0, 0.05) is 32.7 Å². The van der Waals surface area contributed by atoms with E-state index in [1.807, 2.05) is 36.1 Å². The van der Waals surface area contributed by atoms with Gasteiger partial charge in [-0.2, -0.15) is 13.2 Å². The average Bonchev–Trinajstić information content (AvgIpc) is 2.40. The summed E-state index contributed by atoms with van der Waals surface area (Å²) in [6, 6.07) is 7.63. The lowest BCUT2D eigenvalue weighted by molar-refractivity contribution is -0.149. The summed E-state index contributed by atoms with van der Waals surface area (Å²) in [7, 11) is 0. The molecule has 0 saturated carbocycles. The van der Waals surface area contributed by atoms with Crippen LogP contribution in [0.3, 0.4) is 0 Å². The molecule has 21 heavy (non-hydrogen) atoms. The molecule has 1 atom stereocenters. The van der Waals surface area contributed by atoms with Gasteiger partial charge < -0.3 is 5.11 Å². The fourth-order valence-corrected chi connectivity index (χ4v) is 2.69. The molecule has 0 bridgehead atoms. The van der Waals surface area contributed by atoms with E-state index in [4.69, 9.17) is 0 Å². The van der Waals surface area contributed by atoms with Crippen molar-refractivity contribution < 1.29 is 18.3 Å². The van der Waals surface area contributed by atoms with Gasteiger partial charge in [-0.3, -0.25) is 9.80 Å². The Morgan fingerprint density at radius 3 is 2.24 bits per heavy atom. The highest BCUT2D eigenvalue weighted by Crippen LogP contribution is 2.20. The molecule has 0 radical (unpaired) electrons. The van der Waals surface area contributed by atoms with Gasteiger partial charge in [-0.1, -0.05) is 24.3 Å². The number of nitrogens with zero attached hydrogens (tertiary/aromatic N) is 2. The van der Waals surface area contributed by atoms with Crippen molar-refractivity contribution in [1.82, 2.24) is 9.80 Å². The smallest absolute Gasteiger partial charge is 0.387 e. The van der Waals surface area contributed by atoms with E-state index in [1.54, 1.807) is 0 Å². The normalized spacial score (nSPS) is 19.7. The van der Waals surface area contributed by atoms with E-state index >= 15 is 0 Å². The summed E-state index contributed by atoms with van der Waals surface area (Å²) in [6.07, 6.45) is -4.73. The zero-order chi connectivity index (χ0) is 15.5. The molecular formula is C15H21F3N2O. The Labute approximate surface area is 123 Å². The standard InChI is InChI=1S/C15H21F3N2O/c1-12-4-2-3-5-13(12)14(21)10-19-6-8-20(9-7-19)11-15(16,17)18/h2-5,14,21H,6-11H2,1H3. The molecule has 0 amide bonds. The molecule has 118 valence electrons. The minimum atomic E-state index is -4.14. The maximum atomic E-state index is 12.3. The zero-order valence-corrected chi connectivity index (χ0v) is 12.1. The number of aliphatic hydroxyl groups is 1. The molecule has 1 saturated heterocycles. The topological polar surface area (TPSA) is 26.7 Å². The van der Waals surface area contributed by atoms with E-state index in [1.165, 1.54) is 4.90 Å². The Morgan fingerprint density at radius 2 is 1.67 bits per heavy atom. The third kappa shape index (κ3) is 4.98. The molecule has 0 aliphatic carbocycles. The number of β-amino-alcohol motifs (C(OH)–C–C–N with tert-alkyl or cyclic N) is 1. The van der Waals surface area contributed by atoms with Crippen LogP contribution in [0.25, 0.3) is 0 Å². The lowest BCUT2D eigenvalue weighted by Crippen LogP contribution is -2.49. The molecule has 1 heterocycles. The van der Waals surface area contributed by atoms with Gasteiger partial charge in [0.1, 0.15) is 0 Å². The van der Waals surface area contributed by atoms with Crippen LogP contribution in [0, 0.1) is 6.92 Å². The largest absolute Gasteiger partial charge is 0.401 e. The van der Waals surface area contributed by atoms with Gasteiger partial charge in [-0.15, -0.1) is 0 Å². The van der Waals surface area contributed by atoms with E-state index in [9.17, 15) is 18.3 Å². The van der Waals surface area contributed by atoms with E-state index < -0.39 is 18.8 Å². The van der Waals surface area contributed by atoms with Crippen LogP contribution < -0.4 is 0 Å². The number of hydrogen-bond acceptors (Lipinski definition) is 3. The molecule has 0 aromatic heterocycles. The van der Waals surface area contributed by atoms with Crippen LogP contribution in [0.4, 0.5) is 13.2 Å². The van der Waals surface area contributed by atoms with Gasteiger partial charge in [0.2, 0.25) is 0 Å². The Kier molecular flexibility index (Phi) is 5.24. The highest BCUT2D eigenvalue weighted by atomic mass is 19.4. The van der Waals surface area contributed by atoms with Crippen molar-refractivity contribution in [3.8, 4) is 0 Å². The fourth-order valence-electron chi connectivity index (χ4n) is 2.69. The van der Waals surface area contributed by atoms with Crippen molar-refractivity contribution in [2.45, 2.75) is 19.2 Å². The molecule has 1 aliphatic rings. The first-order valence-electron chi connectivity index (χ1n) is 7.10. The van der Waals surface area contributed by atoms with Gasteiger partial charge in [0.05, 0.1) is 12.6 Å². The summed E-state index contributed by atoms with van der Waals surface area (Å²) in [5, 5.41) is 10.3. The SMILES string of the molecule is Cc1ccccc1C(O)CN1CCN(CC(F)(F)F)CC1. The summed E-state index contributed by atoms with van der Waals surface area (Å²) in [5.74, 6) is 0. The Hall–Kier alpha value is -1.11. The summed E-state index contributed by atoms with van der Waals surface area (Å²) in [5.41, 5.74) is 1.91. The second-order valence-electron chi connectivity index (χ2n) is 5.56. The highest BCUT2D eigenvalue weighted by molar-refractivity contribution is 5.27. The predicted molar refractivity (Wildman–Crippen MR) is 75.1 cm³/mol. The Morgan fingerprint density at radius 1 is 1.10 bits per heavy atom. The van der Waals surface area contributed by atoms with Crippen LogP contribution in [0.15, 0.2) is 24.3 Å². The second kappa shape index (κ2) is 6.77. The molecule has 1 unspecified atom stereocenters. The van der Waals surface area contributed by atoms with Crippen LogP contribution in [-0.2, 0) is 0 Å². The summed E-state index contributed by atoms with van der Waals surface area (Å²) >= 11 is 0. The van der Waals surface area contributed by atoms with E-state index in [0.29, 0.717) is 32.7 Å².